The Hall–Kier alpha value is -2.31. The molecular weight excluding hydrogens is 408 g/mol. The van der Waals surface area contributed by atoms with E-state index in [9.17, 15) is 14.4 Å². The third kappa shape index (κ3) is 6.14. The number of carbonyl (C=O) groups is 3. The number of esters is 2. The first-order valence-corrected chi connectivity index (χ1v) is 11.7. The first-order chi connectivity index (χ1) is 14.9. The van der Waals surface area contributed by atoms with Gasteiger partial charge in [-0.1, -0.05) is 33.1 Å². The van der Waals surface area contributed by atoms with Crippen LogP contribution in [-0.2, 0) is 23.9 Å². The van der Waals surface area contributed by atoms with Gasteiger partial charge in [-0.25, -0.2) is 9.59 Å². The van der Waals surface area contributed by atoms with Crippen LogP contribution in [0.15, 0.2) is 22.5 Å². The lowest BCUT2D eigenvalue weighted by atomic mass is 9.70. The van der Waals surface area contributed by atoms with E-state index in [2.05, 4.69) is 10.6 Å². The van der Waals surface area contributed by atoms with Crippen molar-refractivity contribution < 1.29 is 23.9 Å². The molecule has 0 bridgehead atoms. The van der Waals surface area contributed by atoms with E-state index in [4.69, 9.17) is 9.47 Å². The fraction of sp³-hybridized carbons (Fsp3) is 0.720. The molecule has 2 unspecified atom stereocenters. The highest BCUT2D eigenvalue weighted by atomic mass is 16.6. The first kappa shape index (κ1) is 25.9. The molecule has 0 spiro atoms. The lowest BCUT2D eigenvalue weighted by Gasteiger charge is -2.37. The summed E-state index contributed by atoms with van der Waals surface area (Å²) >= 11 is 0. The highest BCUT2D eigenvalue weighted by molar-refractivity contribution is 6.01. The van der Waals surface area contributed by atoms with E-state index in [0.717, 1.165) is 32.1 Å². The molecule has 1 fully saturated rings. The minimum Gasteiger partial charge on any atom is -0.466 e. The van der Waals surface area contributed by atoms with Gasteiger partial charge in [0.25, 0.3) is 0 Å². The predicted molar refractivity (Wildman–Crippen MR) is 123 cm³/mol. The van der Waals surface area contributed by atoms with E-state index >= 15 is 0 Å². The van der Waals surface area contributed by atoms with E-state index < -0.39 is 23.6 Å². The van der Waals surface area contributed by atoms with Gasteiger partial charge in [0.1, 0.15) is 11.6 Å². The third-order valence-corrected chi connectivity index (χ3v) is 6.19. The van der Waals surface area contributed by atoms with Gasteiger partial charge >= 0.3 is 11.9 Å². The van der Waals surface area contributed by atoms with Crippen molar-refractivity contribution in [2.24, 2.45) is 17.8 Å². The number of ether oxygens (including phenoxy) is 2. The second-order valence-electron chi connectivity index (χ2n) is 10.3. The molecular formula is C25H40N2O5. The topological polar surface area (TPSA) is 93.7 Å². The summed E-state index contributed by atoms with van der Waals surface area (Å²) in [7, 11) is 1.36. The Morgan fingerprint density at radius 3 is 2.06 bits per heavy atom. The zero-order valence-electron chi connectivity index (χ0n) is 20.9. The molecule has 2 aliphatic rings. The number of carbonyl (C=O) groups excluding carboxylic acids is 3. The van der Waals surface area contributed by atoms with Gasteiger partial charge in [-0.05, 0) is 59.3 Å². The van der Waals surface area contributed by atoms with Crippen LogP contribution in [0.3, 0.4) is 0 Å². The molecule has 0 aromatic carbocycles. The van der Waals surface area contributed by atoms with Gasteiger partial charge < -0.3 is 20.1 Å². The molecule has 0 saturated heterocycles. The fourth-order valence-electron chi connectivity index (χ4n) is 4.75. The molecule has 7 heteroatoms. The average Bonchev–Trinajstić information content (AvgIpc) is 2.69. The smallest absolute Gasteiger partial charge is 0.336 e. The molecule has 2 rings (SSSR count). The van der Waals surface area contributed by atoms with Crippen LogP contribution in [-0.4, -0.2) is 36.6 Å². The zero-order valence-corrected chi connectivity index (χ0v) is 20.9. The van der Waals surface area contributed by atoms with Gasteiger partial charge in [0.05, 0.1) is 12.7 Å². The molecule has 0 radical (unpaired) electrons. The number of allylic oxidation sites excluding steroid dienone is 2. The molecule has 1 aliphatic carbocycles. The van der Waals surface area contributed by atoms with Crippen LogP contribution in [0, 0.1) is 17.8 Å². The number of methoxy groups -OCH3 is 1. The van der Waals surface area contributed by atoms with Crippen LogP contribution in [0.25, 0.3) is 0 Å². The Morgan fingerprint density at radius 2 is 1.56 bits per heavy atom. The second kappa shape index (κ2) is 10.5. The summed E-state index contributed by atoms with van der Waals surface area (Å²) in [5, 5.41) is 6.11. The molecule has 32 heavy (non-hydrogen) atoms. The van der Waals surface area contributed by atoms with E-state index in [0.29, 0.717) is 22.5 Å². The van der Waals surface area contributed by atoms with Crippen LogP contribution in [0.2, 0.25) is 0 Å². The highest BCUT2D eigenvalue weighted by Crippen LogP contribution is 2.42. The maximum atomic E-state index is 13.6. The molecule has 2 N–H and O–H groups in total. The largest absolute Gasteiger partial charge is 0.466 e. The van der Waals surface area contributed by atoms with Crippen molar-refractivity contribution in [1.29, 1.82) is 0 Å². The molecule has 7 nitrogen and oxygen atoms in total. The minimum absolute atomic E-state index is 0.156. The standard InChI is InChI=1S/C25H40N2O5/c1-14(2)21(24(30)32-25(5,6)7)27-22(28)18-15(3)26-16(4)19(23(29)31-8)20(18)17-12-10-9-11-13-17/h14,17,20-21,26H,9-13H2,1-8H3,(H,27,28). The normalized spacial score (nSPS) is 21.2. The Bertz CT molecular complexity index is 798. The van der Waals surface area contributed by atoms with Crippen LogP contribution in [0.4, 0.5) is 0 Å². The Kier molecular flexibility index (Phi) is 8.54. The Labute approximate surface area is 192 Å². The van der Waals surface area contributed by atoms with Gasteiger partial charge in [-0.2, -0.15) is 0 Å². The summed E-state index contributed by atoms with van der Waals surface area (Å²) in [6.07, 6.45) is 5.20. The Balaban J connectivity index is 2.42. The van der Waals surface area contributed by atoms with Crippen molar-refractivity contribution in [2.45, 2.75) is 92.2 Å². The predicted octanol–water partition coefficient (Wildman–Crippen LogP) is 3.99. The van der Waals surface area contributed by atoms with Crippen LogP contribution in [0.1, 0.15) is 80.6 Å². The van der Waals surface area contributed by atoms with Gasteiger partial charge in [-0.15, -0.1) is 0 Å². The first-order valence-electron chi connectivity index (χ1n) is 11.7. The maximum Gasteiger partial charge on any atom is 0.336 e. The van der Waals surface area contributed by atoms with Crippen molar-refractivity contribution in [3.63, 3.8) is 0 Å². The van der Waals surface area contributed by atoms with Gasteiger partial charge in [0, 0.05) is 22.9 Å². The molecule has 0 aromatic rings. The van der Waals surface area contributed by atoms with Crippen molar-refractivity contribution in [3.05, 3.63) is 22.5 Å². The molecule has 1 amide bonds. The van der Waals surface area contributed by atoms with Crippen molar-refractivity contribution >= 4 is 17.8 Å². The van der Waals surface area contributed by atoms with Gasteiger partial charge in [0.15, 0.2) is 0 Å². The molecule has 0 aromatic heterocycles. The van der Waals surface area contributed by atoms with Crippen LogP contribution in [0.5, 0.6) is 0 Å². The number of amides is 1. The number of nitrogens with one attached hydrogen (secondary N) is 2. The van der Waals surface area contributed by atoms with Crippen molar-refractivity contribution in [3.8, 4) is 0 Å². The van der Waals surface area contributed by atoms with Crippen molar-refractivity contribution in [2.75, 3.05) is 7.11 Å². The molecule has 1 heterocycles. The fourth-order valence-corrected chi connectivity index (χ4v) is 4.75. The third-order valence-electron chi connectivity index (χ3n) is 6.19. The number of hydrogen-bond donors (Lipinski definition) is 2. The van der Waals surface area contributed by atoms with Gasteiger partial charge in [-0.3, -0.25) is 4.79 Å². The number of hydrogen-bond acceptors (Lipinski definition) is 6. The zero-order chi connectivity index (χ0) is 24.2. The minimum atomic E-state index is -0.789. The van der Waals surface area contributed by atoms with Crippen molar-refractivity contribution in [1.82, 2.24) is 10.6 Å². The summed E-state index contributed by atoms with van der Waals surface area (Å²) in [6.45, 7) is 12.8. The average molecular weight is 449 g/mol. The lowest BCUT2D eigenvalue weighted by Crippen LogP contribution is -2.50. The lowest BCUT2D eigenvalue weighted by molar-refractivity contribution is -0.159. The number of rotatable bonds is 6. The van der Waals surface area contributed by atoms with Gasteiger partial charge in [0.2, 0.25) is 5.91 Å². The molecule has 180 valence electrons. The molecule has 1 aliphatic heterocycles. The van der Waals surface area contributed by atoms with Crippen LogP contribution >= 0.6 is 0 Å². The Morgan fingerprint density at radius 1 is 1.00 bits per heavy atom. The van der Waals surface area contributed by atoms with E-state index in [1.807, 2.05) is 27.7 Å². The molecule has 1 saturated carbocycles. The maximum absolute atomic E-state index is 13.6. The summed E-state index contributed by atoms with van der Waals surface area (Å²) in [5.41, 5.74) is 1.79. The van der Waals surface area contributed by atoms with E-state index in [-0.39, 0.29) is 23.7 Å². The summed E-state index contributed by atoms with van der Waals surface area (Å²) in [4.78, 5) is 39.2. The summed E-state index contributed by atoms with van der Waals surface area (Å²) in [6, 6.07) is -0.789. The van der Waals surface area contributed by atoms with E-state index in [1.54, 1.807) is 20.8 Å². The quantitative estimate of drug-likeness (QED) is 0.597. The SMILES string of the molecule is COC(=O)C1=C(C)NC(C)=C(C(=O)NC(C(=O)OC(C)(C)C)C(C)C)C1C1CCCCC1. The van der Waals surface area contributed by atoms with Crippen LogP contribution < -0.4 is 10.6 Å². The monoisotopic (exact) mass is 448 g/mol. The second-order valence-corrected chi connectivity index (χ2v) is 10.3. The summed E-state index contributed by atoms with van der Waals surface area (Å²) < 4.78 is 10.6. The highest BCUT2D eigenvalue weighted by Gasteiger charge is 2.42. The number of dihydropyridines is 1. The van der Waals surface area contributed by atoms with E-state index in [1.165, 1.54) is 7.11 Å². The summed E-state index contributed by atoms with van der Waals surface area (Å²) in [5.74, 6) is -1.58. The molecule has 2 atom stereocenters.